The van der Waals surface area contributed by atoms with E-state index in [0.717, 1.165) is 32.1 Å². The molecular weight excluding hydrogens is 322 g/mol. The predicted molar refractivity (Wildman–Crippen MR) is 99.1 cm³/mol. The van der Waals surface area contributed by atoms with E-state index in [1.807, 2.05) is 0 Å². The number of rotatable bonds is 16. The first kappa shape index (κ1) is 24.3. The highest BCUT2D eigenvalue weighted by atomic mass is 16.3. The lowest BCUT2D eigenvalue weighted by molar-refractivity contribution is -0.137. The van der Waals surface area contributed by atoms with Crippen LogP contribution in [0.4, 0.5) is 0 Å². The Morgan fingerprint density at radius 1 is 0.880 bits per heavy atom. The smallest absolute Gasteiger partial charge is 0.249 e. The van der Waals surface area contributed by atoms with E-state index in [9.17, 15) is 15.0 Å². The summed E-state index contributed by atoms with van der Waals surface area (Å²) in [5.74, 6) is -0.507. The normalized spacial score (nSPS) is 14.3. The highest BCUT2D eigenvalue weighted by Gasteiger charge is 2.32. The number of hydrogen-bond acceptors (Lipinski definition) is 5. The number of aliphatic hydroxyl groups excluding tert-OH is 4. The molecule has 150 valence electrons. The molecule has 0 fully saturated rings. The number of amides is 1. The van der Waals surface area contributed by atoms with Crippen LogP contribution in [0.3, 0.4) is 0 Å². The molecule has 0 aliphatic rings. The average molecular weight is 362 g/mol. The first-order valence-corrected chi connectivity index (χ1v) is 9.70. The molecule has 0 radical (unpaired) electrons. The zero-order valence-electron chi connectivity index (χ0n) is 16.0. The van der Waals surface area contributed by atoms with Gasteiger partial charge in [0.15, 0.2) is 0 Å². The average Bonchev–Trinajstić information content (AvgIpc) is 2.59. The van der Waals surface area contributed by atoms with Crippen LogP contribution < -0.4 is 5.32 Å². The van der Waals surface area contributed by atoms with Gasteiger partial charge in [-0.15, -0.1) is 0 Å². The first-order valence-electron chi connectivity index (χ1n) is 9.70. The van der Waals surface area contributed by atoms with Crippen LogP contribution in [0, 0.1) is 5.41 Å². The van der Waals surface area contributed by atoms with Crippen LogP contribution in [-0.4, -0.2) is 58.3 Å². The quantitative estimate of drug-likeness (QED) is 0.269. The number of unbranched alkanes of at least 4 members (excludes halogenated alkanes) is 7. The van der Waals surface area contributed by atoms with Gasteiger partial charge < -0.3 is 25.7 Å². The van der Waals surface area contributed by atoms with E-state index in [1.165, 1.54) is 25.7 Å². The van der Waals surface area contributed by atoms with E-state index < -0.39 is 23.5 Å². The van der Waals surface area contributed by atoms with Gasteiger partial charge in [0.05, 0.1) is 12.7 Å². The summed E-state index contributed by atoms with van der Waals surface area (Å²) in [4.78, 5) is 11.8. The Bertz CT molecular complexity index is 336. The molecule has 0 aliphatic heterocycles. The lowest BCUT2D eigenvalue weighted by Gasteiger charge is -2.27. The zero-order chi connectivity index (χ0) is 19.1. The number of hydrogen-bond donors (Lipinski definition) is 5. The van der Waals surface area contributed by atoms with E-state index in [4.69, 9.17) is 10.2 Å². The Hall–Kier alpha value is -0.690. The van der Waals surface area contributed by atoms with Gasteiger partial charge >= 0.3 is 0 Å². The Balaban J connectivity index is 3.58. The Morgan fingerprint density at radius 3 is 1.92 bits per heavy atom. The molecule has 6 nitrogen and oxygen atoms in total. The maximum Gasteiger partial charge on any atom is 0.249 e. The molecule has 25 heavy (non-hydrogen) atoms. The summed E-state index contributed by atoms with van der Waals surface area (Å²) in [6.45, 7) is 3.59. The molecule has 1 unspecified atom stereocenters. The molecule has 0 aromatic carbocycles. The summed E-state index contributed by atoms with van der Waals surface area (Å²) in [6, 6.07) is 0. The van der Waals surface area contributed by atoms with Gasteiger partial charge in [-0.25, -0.2) is 0 Å². The summed E-state index contributed by atoms with van der Waals surface area (Å²) in [6.07, 6.45) is 8.36. The fourth-order valence-corrected chi connectivity index (χ4v) is 2.60. The lowest BCUT2D eigenvalue weighted by atomic mass is 9.87. The summed E-state index contributed by atoms with van der Waals surface area (Å²) in [7, 11) is 0. The molecule has 1 amide bonds. The molecule has 0 bridgehead atoms. The van der Waals surface area contributed by atoms with Gasteiger partial charge in [0, 0.05) is 18.6 Å². The van der Waals surface area contributed by atoms with Gasteiger partial charge in [-0.2, -0.15) is 0 Å². The summed E-state index contributed by atoms with van der Waals surface area (Å²) in [5, 5.41) is 40.2. The Kier molecular flexibility index (Phi) is 14.1. The molecule has 2 atom stereocenters. The van der Waals surface area contributed by atoms with E-state index in [-0.39, 0.29) is 13.2 Å². The van der Waals surface area contributed by atoms with Gasteiger partial charge in [-0.05, 0) is 19.3 Å². The monoisotopic (exact) mass is 361 g/mol. The van der Waals surface area contributed by atoms with E-state index in [0.29, 0.717) is 13.0 Å². The molecule has 5 N–H and O–H groups in total. The third-order valence-corrected chi connectivity index (χ3v) is 4.62. The second-order valence-corrected chi connectivity index (χ2v) is 7.62. The Labute approximate surface area is 152 Å². The van der Waals surface area contributed by atoms with Crippen molar-refractivity contribution in [2.75, 3.05) is 19.8 Å². The van der Waals surface area contributed by atoms with Crippen molar-refractivity contribution in [2.24, 2.45) is 5.41 Å². The minimum Gasteiger partial charge on any atom is -0.396 e. The Morgan fingerprint density at radius 2 is 1.40 bits per heavy atom. The standard InChI is InChI=1S/C19H39NO5/c1-19(2,15-22)17(24)18(25)20-13-12-16(23)11-9-7-5-3-4-6-8-10-14-21/h16-17,21-24H,3-15H2,1-2H3,(H,20,25)/t16?,17-/m0/s1. The largest absolute Gasteiger partial charge is 0.396 e. The number of carbonyl (C=O) groups is 1. The van der Waals surface area contributed by atoms with Crippen LogP contribution in [0.15, 0.2) is 0 Å². The molecular formula is C19H39NO5. The molecule has 0 aromatic heterocycles. The van der Waals surface area contributed by atoms with Crippen LogP contribution in [0.25, 0.3) is 0 Å². The molecule has 0 heterocycles. The second kappa shape index (κ2) is 14.5. The van der Waals surface area contributed by atoms with E-state index >= 15 is 0 Å². The molecule has 6 heteroatoms. The van der Waals surface area contributed by atoms with Crippen molar-refractivity contribution in [3.05, 3.63) is 0 Å². The zero-order valence-corrected chi connectivity index (χ0v) is 16.0. The summed E-state index contributed by atoms with van der Waals surface area (Å²) < 4.78 is 0. The van der Waals surface area contributed by atoms with E-state index in [2.05, 4.69) is 5.32 Å². The summed E-state index contributed by atoms with van der Waals surface area (Å²) in [5.41, 5.74) is -0.874. The highest BCUT2D eigenvalue weighted by Crippen LogP contribution is 2.19. The van der Waals surface area contributed by atoms with E-state index in [1.54, 1.807) is 13.8 Å². The van der Waals surface area contributed by atoms with Gasteiger partial charge in [-0.3, -0.25) is 4.79 Å². The lowest BCUT2D eigenvalue weighted by Crippen LogP contribution is -2.46. The van der Waals surface area contributed by atoms with Crippen molar-refractivity contribution in [3.63, 3.8) is 0 Å². The molecule has 0 aromatic rings. The maximum atomic E-state index is 11.8. The van der Waals surface area contributed by atoms with Gasteiger partial charge in [0.1, 0.15) is 6.10 Å². The minimum absolute atomic E-state index is 0.272. The minimum atomic E-state index is -1.26. The van der Waals surface area contributed by atoms with Crippen LogP contribution in [0.5, 0.6) is 0 Å². The molecule has 0 saturated carbocycles. The van der Waals surface area contributed by atoms with Crippen molar-refractivity contribution in [1.82, 2.24) is 5.32 Å². The number of aliphatic hydroxyl groups is 4. The summed E-state index contributed by atoms with van der Waals surface area (Å²) >= 11 is 0. The van der Waals surface area contributed by atoms with Gasteiger partial charge in [0.25, 0.3) is 0 Å². The maximum absolute atomic E-state index is 11.8. The van der Waals surface area contributed by atoms with Crippen molar-refractivity contribution in [3.8, 4) is 0 Å². The van der Waals surface area contributed by atoms with Crippen molar-refractivity contribution >= 4 is 5.91 Å². The van der Waals surface area contributed by atoms with Crippen LogP contribution in [0.1, 0.15) is 78.1 Å². The predicted octanol–water partition coefficient (Wildman–Crippen LogP) is 1.74. The molecule has 0 aliphatic carbocycles. The highest BCUT2D eigenvalue weighted by molar-refractivity contribution is 5.81. The molecule has 0 rings (SSSR count). The van der Waals surface area contributed by atoms with Gasteiger partial charge in [-0.1, -0.05) is 58.8 Å². The second-order valence-electron chi connectivity index (χ2n) is 7.62. The SMILES string of the molecule is CC(C)(CO)[C@@H](O)C(=O)NCCC(O)CCCCCCCCCCO. The molecule has 0 spiro atoms. The first-order chi connectivity index (χ1) is 11.8. The fourth-order valence-electron chi connectivity index (χ4n) is 2.60. The number of carbonyl (C=O) groups excluding carboxylic acids is 1. The van der Waals surface area contributed by atoms with Crippen LogP contribution >= 0.6 is 0 Å². The third-order valence-electron chi connectivity index (χ3n) is 4.62. The topological polar surface area (TPSA) is 110 Å². The van der Waals surface area contributed by atoms with Gasteiger partial charge in [0.2, 0.25) is 5.91 Å². The van der Waals surface area contributed by atoms with Crippen LogP contribution in [-0.2, 0) is 4.79 Å². The van der Waals surface area contributed by atoms with Crippen molar-refractivity contribution in [1.29, 1.82) is 0 Å². The fraction of sp³-hybridized carbons (Fsp3) is 0.947. The molecule has 0 saturated heterocycles. The van der Waals surface area contributed by atoms with Crippen molar-refractivity contribution < 1.29 is 25.2 Å². The number of nitrogens with one attached hydrogen (secondary N) is 1. The van der Waals surface area contributed by atoms with Crippen LogP contribution in [0.2, 0.25) is 0 Å². The van der Waals surface area contributed by atoms with Crippen molar-refractivity contribution in [2.45, 2.75) is 90.3 Å². The third kappa shape index (κ3) is 12.3.